The SMILES string of the molecule is COCC(=O)OCC(=O)N1CCN(S(=O)(=O)c2ccc(F)c(Cl)c2)CC1. The van der Waals surface area contributed by atoms with Crippen LogP contribution in [0.4, 0.5) is 4.39 Å². The van der Waals surface area contributed by atoms with Gasteiger partial charge in [0, 0.05) is 33.3 Å². The second kappa shape index (κ2) is 8.76. The van der Waals surface area contributed by atoms with E-state index in [1.54, 1.807) is 0 Å². The summed E-state index contributed by atoms with van der Waals surface area (Å²) in [7, 11) is -2.51. The van der Waals surface area contributed by atoms with Gasteiger partial charge in [-0.25, -0.2) is 17.6 Å². The zero-order chi connectivity index (χ0) is 19.3. The Balaban J connectivity index is 1.93. The maximum Gasteiger partial charge on any atom is 0.332 e. The van der Waals surface area contributed by atoms with E-state index in [9.17, 15) is 22.4 Å². The maximum absolute atomic E-state index is 13.2. The molecule has 0 saturated carbocycles. The number of nitrogens with zero attached hydrogens (tertiary/aromatic N) is 2. The molecule has 8 nitrogen and oxygen atoms in total. The summed E-state index contributed by atoms with van der Waals surface area (Å²) in [6, 6.07) is 3.19. The van der Waals surface area contributed by atoms with Crippen LogP contribution in [-0.2, 0) is 29.1 Å². The molecule has 0 unspecified atom stereocenters. The molecule has 0 N–H and O–H groups in total. The van der Waals surface area contributed by atoms with Crippen molar-refractivity contribution in [2.45, 2.75) is 4.90 Å². The lowest BCUT2D eigenvalue weighted by Crippen LogP contribution is -2.51. The highest BCUT2D eigenvalue weighted by atomic mass is 35.5. The van der Waals surface area contributed by atoms with Crippen LogP contribution in [0.25, 0.3) is 0 Å². The third-order valence-electron chi connectivity index (χ3n) is 3.74. The second-order valence-electron chi connectivity index (χ2n) is 5.45. The predicted molar refractivity (Wildman–Crippen MR) is 89.6 cm³/mol. The zero-order valence-corrected chi connectivity index (χ0v) is 15.6. The van der Waals surface area contributed by atoms with E-state index in [4.69, 9.17) is 16.3 Å². The molecule has 1 saturated heterocycles. The van der Waals surface area contributed by atoms with Crippen LogP contribution in [0.1, 0.15) is 0 Å². The third kappa shape index (κ3) is 4.91. The predicted octanol–water partition coefficient (Wildman–Crippen LogP) is 0.502. The number of hydrogen-bond acceptors (Lipinski definition) is 6. The summed E-state index contributed by atoms with van der Waals surface area (Å²) in [5, 5.41) is -0.280. The molecular weight excluding hydrogens is 391 g/mol. The number of sulfonamides is 1. The fraction of sp³-hybridized carbons (Fsp3) is 0.467. The number of carbonyl (C=O) groups is 2. The average molecular weight is 409 g/mol. The first-order chi connectivity index (χ1) is 12.3. The molecule has 144 valence electrons. The molecule has 1 amide bonds. The minimum Gasteiger partial charge on any atom is -0.454 e. The van der Waals surface area contributed by atoms with Crippen LogP contribution < -0.4 is 0 Å². The molecular formula is C15H18ClFN2O6S. The van der Waals surface area contributed by atoms with E-state index in [0.29, 0.717) is 0 Å². The van der Waals surface area contributed by atoms with Gasteiger partial charge in [-0.1, -0.05) is 11.6 Å². The molecule has 1 heterocycles. The smallest absolute Gasteiger partial charge is 0.332 e. The number of ether oxygens (including phenoxy) is 2. The number of hydrogen-bond donors (Lipinski definition) is 0. The summed E-state index contributed by atoms with van der Waals surface area (Å²) in [4.78, 5) is 24.5. The van der Waals surface area contributed by atoms with Crippen LogP contribution in [0, 0.1) is 5.82 Å². The van der Waals surface area contributed by atoms with E-state index in [2.05, 4.69) is 4.74 Å². The summed E-state index contributed by atoms with van der Waals surface area (Å²) < 4.78 is 48.9. The van der Waals surface area contributed by atoms with Gasteiger partial charge in [-0.15, -0.1) is 0 Å². The average Bonchev–Trinajstić information content (AvgIpc) is 2.62. The van der Waals surface area contributed by atoms with Gasteiger partial charge in [-0.3, -0.25) is 4.79 Å². The summed E-state index contributed by atoms with van der Waals surface area (Å²) >= 11 is 5.65. The van der Waals surface area contributed by atoms with E-state index in [-0.39, 0.29) is 42.7 Å². The Labute approximate surface area is 155 Å². The minimum absolute atomic E-state index is 0.0646. The molecule has 0 radical (unpaired) electrons. The molecule has 0 spiro atoms. The fourth-order valence-corrected chi connectivity index (χ4v) is 4.05. The van der Waals surface area contributed by atoms with Gasteiger partial charge < -0.3 is 14.4 Å². The maximum atomic E-state index is 13.2. The van der Waals surface area contributed by atoms with Crippen molar-refractivity contribution in [2.24, 2.45) is 0 Å². The quantitative estimate of drug-likeness (QED) is 0.636. The first-order valence-electron chi connectivity index (χ1n) is 7.63. The van der Waals surface area contributed by atoms with E-state index in [1.807, 2.05) is 0 Å². The molecule has 0 atom stereocenters. The minimum atomic E-state index is -3.84. The Kier molecular flexibility index (Phi) is 6.93. The number of piperazine rings is 1. The Morgan fingerprint density at radius 1 is 1.19 bits per heavy atom. The lowest BCUT2D eigenvalue weighted by atomic mass is 10.3. The Morgan fingerprint density at radius 3 is 2.42 bits per heavy atom. The monoisotopic (exact) mass is 408 g/mol. The highest BCUT2D eigenvalue weighted by molar-refractivity contribution is 7.89. The van der Waals surface area contributed by atoms with E-state index in [0.717, 1.165) is 18.2 Å². The number of benzene rings is 1. The lowest BCUT2D eigenvalue weighted by Gasteiger charge is -2.33. The van der Waals surface area contributed by atoms with Crippen LogP contribution in [0.5, 0.6) is 0 Å². The molecule has 1 aliphatic heterocycles. The van der Waals surface area contributed by atoms with E-state index < -0.39 is 34.3 Å². The fourth-order valence-electron chi connectivity index (χ4n) is 2.36. The highest BCUT2D eigenvalue weighted by Gasteiger charge is 2.30. The number of carbonyl (C=O) groups excluding carboxylic acids is 2. The molecule has 0 bridgehead atoms. The molecule has 1 aromatic rings. The van der Waals surface area contributed by atoms with Crippen molar-refractivity contribution in [1.82, 2.24) is 9.21 Å². The van der Waals surface area contributed by atoms with E-state index >= 15 is 0 Å². The molecule has 1 aromatic carbocycles. The molecule has 2 rings (SSSR count). The zero-order valence-electron chi connectivity index (χ0n) is 14.0. The van der Waals surface area contributed by atoms with Crippen molar-refractivity contribution in [3.8, 4) is 0 Å². The van der Waals surface area contributed by atoms with Crippen LogP contribution in [0.3, 0.4) is 0 Å². The number of esters is 1. The van der Waals surface area contributed by atoms with Gasteiger partial charge in [0.25, 0.3) is 5.91 Å². The number of methoxy groups -OCH3 is 1. The van der Waals surface area contributed by atoms with Gasteiger partial charge in [0.15, 0.2) is 6.61 Å². The van der Waals surface area contributed by atoms with Crippen molar-refractivity contribution < 1.29 is 31.9 Å². The summed E-state index contributed by atoms with van der Waals surface area (Å²) in [6.07, 6.45) is 0. The van der Waals surface area contributed by atoms with Crippen molar-refractivity contribution in [3.63, 3.8) is 0 Å². The highest BCUT2D eigenvalue weighted by Crippen LogP contribution is 2.23. The van der Waals surface area contributed by atoms with Crippen LogP contribution in [0.2, 0.25) is 5.02 Å². The van der Waals surface area contributed by atoms with Gasteiger partial charge in [0.1, 0.15) is 12.4 Å². The summed E-state index contributed by atoms with van der Waals surface area (Å²) in [5.41, 5.74) is 0. The number of amides is 1. The third-order valence-corrected chi connectivity index (χ3v) is 5.92. The molecule has 1 fully saturated rings. The topological polar surface area (TPSA) is 93.2 Å². The first-order valence-corrected chi connectivity index (χ1v) is 9.45. The number of rotatable bonds is 6. The molecule has 0 aliphatic carbocycles. The molecule has 26 heavy (non-hydrogen) atoms. The van der Waals surface area contributed by atoms with Crippen LogP contribution in [-0.4, -0.2) is 76.0 Å². The molecule has 1 aliphatic rings. The summed E-state index contributed by atoms with van der Waals surface area (Å²) in [6.45, 7) is -0.254. The second-order valence-corrected chi connectivity index (χ2v) is 7.80. The van der Waals surface area contributed by atoms with Gasteiger partial charge in [-0.05, 0) is 18.2 Å². The Hall–Kier alpha value is -1.75. The van der Waals surface area contributed by atoms with Crippen molar-refractivity contribution in [2.75, 3.05) is 46.5 Å². The van der Waals surface area contributed by atoms with Crippen molar-refractivity contribution in [1.29, 1.82) is 0 Å². The van der Waals surface area contributed by atoms with Gasteiger partial charge in [-0.2, -0.15) is 4.31 Å². The normalized spacial score (nSPS) is 15.7. The van der Waals surface area contributed by atoms with Gasteiger partial charge >= 0.3 is 5.97 Å². The van der Waals surface area contributed by atoms with Crippen LogP contribution >= 0.6 is 11.6 Å². The summed E-state index contributed by atoms with van der Waals surface area (Å²) in [5.74, 6) is -1.78. The molecule has 11 heteroatoms. The van der Waals surface area contributed by atoms with Crippen LogP contribution in [0.15, 0.2) is 23.1 Å². The Bertz CT molecular complexity index is 780. The Morgan fingerprint density at radius 2 is 1.85 bits per heavy atom. The van der Waals surface area contributed by atoms with Gasteiger partial charge in [0.05, 0.1) is 9.92 Å². The van der Waals surface area contributed by atoms with Crippen molar-refractivity contribution >= 4 is 33.5 Å². The largest absolute Gasteiger partial charge is 0.454 e. The standard InChI is InChI=1S/C15H18ClFN2O6S/c1-24-10-15(21)25-9-14(20)18-4-6-19(7-5-18)26(22,23)11-2-3-13(17)12(16)8-11/h2-3,8H,4-7,9-10H2,1H3. The first kappa shape index (κ1) is 20.6. The lowest BCUT2D eigenvalue weighted by molar-refractivity contribution is -0.155. The molecule has 0 aromatic heterocycles. The van der Waals surface area contributed by atoms with Crippen molar-refractivity contribution in [3.05, 3.63) is 29.0 Å². The van der Waals surface area contributed by atoms with Gasteiger partial charge in [0.2, 0.25) is 10.0 Å². The number of halogens is 2. The van der Waals surface area contributed by atoms with E-state index in [1.165, 1.54) is 16.3 Å².